The van der Waals surface area contributed by atoms with Gasteiger partial charge in [0.1, 0.15) is 5.65 Å². The third-order valence-corrected chi connectivity index (χ3v) is 3.17. The Balaban J connectivity index is 2.44. The van der Waals surface area contributed by atoms with Crippen molar-refractivity contribution in [3.05, 3.63) is 29.1 Å². The lowest BCUT2D eigenvalue weighted by Crippen LogP contribution is -2.32. The number of pyridine rings is 1. The van der Waals surface area contributed by atoms with Gasteiger partial charge in [-0.15, -0.1) is 0 Å². The number of carbonyl (C=O) groups is 1. The third kappa shape index (κ3) is 1.10. The van der Waals surface area contributed by atoms with Crippen LogP contribution in [-0.4, -0.2) is 22.0 Å². The van der Waals surface area contributed by atoms with Gasteiger partial charge in [0.25, 0.3) is 5.91 Å². The predicted molar refractivity (Wildman–Crippen MR) is 61.5 cm³/mol. The van der Waals surface area contributed by atoms with Crippen LogP contribution in [0.1, 0.15) is 21.7 Å². The molecule has 1 amide bonds. The second kappa shape index (κ2) is 3.07. The number of fused-ring (bicyclic) bond motifs is 3. The molecular formula is C12H13N3O. The Morgan fingerprint density at radius 2 is 2.25 bits per heavy atom. The van der Waals surface area contributed by atoms with E-state index < -0.39 is 0 Å². The van der Waals surface area contributed by atoms with E-state index in [-0.39, 0.29) is 5.91 Å². The highest BCUT2D eigenvalue weighted by atomic mass is 16.1. The van der Waals surface area contributed by atoms with Crippen LogP contribution in [0.2, 0.25) is 0 Å². The van der Waals surface area contributed by atoms with Crippen LogP contribution in [0.15, 0.2) is 12.1 Å². The average Bonchev–Trinajstić information content (AvgIpc) is 2.55. The molecule has 1 aliphatic heterocycles. The summed E-state index contributed by atoms with van der Waals surface area (Å²) in [5.74, 6) is 0.0255. The summed E-state index contributed by atoms with van der Waals surface area (Å²) in [6.07, 6.45) is 0.882. The summed E-state index contributed by atoms with van der Waals surface area (Å²) in [5, 5.41) is 3.84. The normalized spacial score (nSPS) is 15.0. The first-order chi connectivity index (χ1) is 7.68. The average molecular weight is 215 g/mol. The quantitative estimate of drug-likeness (QED) is 0.717. The molecule has 1 aliphatic rings. The van der Waals surface area contributed by atoms with Gasteiger partial charge >= 0.3 is 0 Å². The second-order valence-electron chi connectivity index (χ2n) is 4.21. The molecule has 0 saturated heterocycles. The van der Waals surface area contributed by atoms with Crippen molar-refractivity contribution in [2.24, 2.45) is 7.05 Å². The van der Waals surface area contributed by atoms with E-state index in [9.17, 15) is 4.79 Å². The lowest BCUT2D eigenvalue weighted by Gasteiger charge is -2.13. The molecule has 3 rings (SSSR count). The molecule has 4 heteroatoms. The minimum absolute atomic E-state index is 0.0255. The molecule has 0 aliphatic carbocycles. The van der Waals surface area contributed by atoms with Gasteiger partial charge in [0.15, 0.2) is 0 Å². The zero-order valence-electron chi connectivity index (χ0n) is 9.37. The molecule has 82 valence electrons. The molecule has 0 radical (unpaired) electrons. The molecule has 0 unspecified atom stereocenters. The van der Waals surface area contributed by atoms with E-state index in [1.807, 2.05) is 30.7 Å². The van der Waals surface area contributed by atoms with Crippen LogP contribution in [0.25, 0.3) is 11.0 Å². The summed E-state index contributed by atoms with van der Waals surface area (Å²) < 4.78 is 2.04. The van der Waals surface area contributed by atoms with Gasteiger partial charge in [-0.05, 0) is 19.1 Å². The Morgan fingerprint density at radius 3 is 3.06 bits per heavy atom. The fourth-order valence-electron chi connectivity index (χ4n) is 2.37. The molecule has 3 heterocycles. The minimum Gasteiger partial charge on any atom is -0.352 e. The summed E-state index contributed by atoms with van der Waals surface area (Å²) in [4.78, 5) is 16.3. The number of hydrogen-bond acceptors (Lipinski definition) is 2. The Bertz CT molecular complexity index is 598. The van der Waals surface area contributed by atoms with E-state index in [2.05, 4.69) is 10.3 Å². The molecule has 0 fully saturated rings. The fourth-order valence-corrected chi connectivity index (χ4v) is 2.37. The number of aryl methyl sites for hydroxylation is 2. The van der Waals surface area contributed by atoms with Gasteiger partial charge in [0.05, 0.1) is 5.56 Å². The molecule has 2 aromatic heterocycles. The monoisotopic (exact) mass is 215 g/mol. The molecule has 1 N–H and O–H groups in total. The highest BCUT2D eigenvalue weighted by Crippen LogP contribution is 2.26. The highest BCUT2D eigenvalue weighted by Gasteiger charge is 2.24. The van der Waals surface area contributed by atoms with Crippen LogP contribution in [0.5, 0.6) is 0 Å². The second-order valence-corrected chi connectivity index (χ2v) is 4.21. The number of hydrogen-bond donors (Lipinski definition) is 1. The smallest absolute Gasteiger partial charge is 0.253 e. The van der Waals surface area contributed by atoms with Crippen LogP contribution in [-0.2, 0) is 13.5 Å². The molecule has 4 nitrogen and oxygen atoms in total. The zero-order chi connectivity index (χ0) is 11.3. The van der Waals surface area contributed by atoms with Crippen LogP contribution in [0, 0.1) is 6.92 Å². The van der Waals surface area contributed by atoms with Crippen molar-refractivity contribution >= 4 is 16.9 Å². The van der Waals surface area contributed by atoms with Crippen LogP contribution in [0.3, 0.4) is 0 Å². The first kappa shape index (κ1) is 9.39. The van der Waals surface area contributed by atoms with Gasteiger partial charge in [-0.2, -0.15) is 0 Å². The Labute approximate surface area is 93.3 Å². The molecule has 0 saturated carbocycles. The zero-order valence-corrected chi connectivity index (χ0v) is 9.37. The molecule has 0 aromatic carbocycles. The lowest BCUT2D eigenvalue weighted by atomic mass is 10.1. The Kier molecular flexibility index (Phi) is 1.80. The van der Waals surface area contributed by atoms with Crippen LogP contribution in [0.4, 0.5) is 0 Å². The number of amides is 1. The minimum atomic E-state index is 0.0255. The van der Waals surface area contributed by atoms with E-state index >= 15 is 0 Å². The number of nitrogens with zero attached hydrogens (tertiary/aromatic N) is 2. The van der Waals surface area contributed by atoms with E-state index in [4.69, 9.17) is 0 Å². The topological polar surface area (TPSA) is 46.9 Å². The SMILES string of the molecule is Cc1ccc2c3c(n(C)c2n1)CCNC3=O. The molecule has 16 heavy (non-hydrogen) atoms. The lowest BCUT2D eigenvalue weighted by molar-refractivity contribution is 0.0947. The third-order valence-electron chi connectivity index (χ3n) is 3.17. The standard InChI is InChI=1S/C12H13N3O/c1-7-3-4-8-10-9(5-6-13-12(10)16)15(2)11(8)14-7/h3-4H,5-6H2,1-2H3,(H,13,16). The first-order valence-corrected chi connectivity index (χ1v) is 5.41. The van der Waals surface area contributed by atoms with Crippen molar-refractivity contribution in [3.8, 4) is 0 Å². The number of rotatable bonds is 0. The van der Waals surface area contributed by atoms with Crippen LogP contribution < -0.4 is 5.32 Å². The molecule has 2 aromatic rings. The molecule has 0 bridgehead atoms. The number of carbonyl (C=O) groups excluding carboxylic acids is 1. The summed E-state index contributed by atoms with van der Waals surface area (Å²) in [6.45, 7) is 2.68. The van der Waals surface area contributed by atoms with Gasteiger partial charge in [0.2, 0.25) is 0 Å². The number of nitrogens with one attached hydrogen (secondary N) is 1. The largest absolute Gasteiger partial charge is 0.352 e. The van der Waals surface area contributed by atoms with Crippen LogP contribution >= 0.6 is 0 Å². The summed E-state index contributed by atoms with van der Waals surface area (Å²) in [5.41, 5.74) is 3.78. The van der Waals surface area contributed by atoms with Crippen molar-refractivity contribution in [1.29, 1.82) is 0 Å². The maximum Gasteiger partial charge on any atom is 0.253 e. The highest BCUT2D eigenvalue weighted by molar-refractivity contribution is 6.08. The maximum absolute atomic E-state index is 11.8. The van der Waals surface area contributed by atoms with Gasteiger partial charge < -0.3 is 9.88 Å². The van der Waals surface area contributed by atoms with Crippen molar-refractivity contribution in [2.45, 2.75) is 13.3 Å². The summed E-state index contributed by atoms with van der Waals surface area (Å²) in [6, 6.07) is 3.94. The fraction of sp³-hybridized carbons (Fsp3) is 0.333. The molecule has 0 spiro atoms. The first-order valence-electron chi connectivity index (χ1n) is 5.41. The van der Waals surface area contributed by atoms with E-state index in [1.165, 1.54) is 0 Å². The number of aromatic nitrogens is 2. The van der Waals surface area contributed by atoms with Gasteiger partial charge in [-0.25, -0.2) is 4.98 Å². The summed E-state index contributed by atoms with van der Waals surface area (Å²) in [7, 11) is 1.98. The van der Waals surface area contributed by atoms with Gasteiger partial charge in [-0.3, -0.25) is 4.79 Å². The van der Waals surface area contributed by atoms with Crippen molar-refractivity contribution < 1.29 is 4.79 Å². The summed E-state index contributed by atoms with van der Waals surface area (Å²) >= 11 is 0. The van der Waals surface area contributed by atoms with Crippen molar-refractivity contribution in [1.82, 2.24) is 14.9 Å². The van der Waals surface area contributed by atoms with Gasteiger partial charge in [-0.1, -0.05) is 0 Å². The van der Waals surface area contributed by atoms with Gasteiger partial charge in [0, 0.05) is 36.8 Å². The van der Waals surface area contributed by atoms with Crippen molar-refractivity contribution in [2.75, 3.05) is 6.54 Å². The van der Waals surface area contributed by atoms with Crippen molar-refractivity contribution in [3.63, 3.8) is 0 Å². The van der Waals surface area contributed by atoms with E-state index in [0.29, 0.717) is 0 Å². The maximum atomic E-state index is 11.8. The van der Waals surface area contributed by atoms with E-state index in [1.54, 1.807) is 0 Å². The van der Waals surface area contributed by atoms with E-state index in [0.717, 1.165) is 41.0 Å². The Morgan fingerprint density at radius 1 is 1.44 bits per heavy atom. The molecular weight excluding hydrogens is 202 g/mol. The molecule has 0 atom stereocenters. The Hall–Kier alpha value is -1.84. The predicted octanol–water partition coefficient (Wildman–Crippen LogP) is 1.17.